The lowest BCUT2D eigenvalue weighted by Crippen LogP contribution is -2.10. The average Bonchev–Trinajstić information content (AvgIpc) is 3.49. The van der Waals surface area contributed by atoms with Crippen LogP contribution in [0, 0.1) is 0 Å². The number of benzene rings is 1. The standard InChI is InChI=1S/C24H25N3O2S/c28-24(29)20-15-19-23(30-20)21(17-7-3-1-4-8-17)22(18-9-5-2-6-10-18)27(19)14-13-26-12-11-25-16-26/h2,5-6,9-12,15-17H,1,3-4,7-8,13-14H2,(H,28,29). The number of carboxylic acid groups (broad SMARTS) is 1. The predicted octanol–water partition coefficient (Wildman–Crippen LogP) is 6.01. The Kier molecular flexibility index (Phi) is 5.17. The molecular weight excluding hydrogens is 394 g/mol. The van der Waals surface area contributed by atoms with Gasteiger partial charge in [0.15, 0.2) is 0 Å². The second-order valence-electron chi connectivity index (χ2n) is 8.05. The molecule has 1 aromatic carbocycles. The van der Waals surface area contributed by atoms with Crippen LogP contribution in [-0.4, -0.2) is 25.2 Å². The molecule has 154 valence electrons. The van der Waals surface area contributed by atoms with E-state index in [1.807, 2.05) is 24.7 Å². The van der Waals surface area contributed by atoms with Gasteiger partial charge in [0.2, 0.25) is 0 Å². The third-order valence-electron chi connectivity index (χ3n) is 6.19. The lowest BCUT2D eigenvalue weighted by molar-refractivity contribution is 0.0702. The van der Waals surface area contributed by atoms with Gasteiger partial charge in [-0.15, -0.1) is 11.3 Å². The first kappa shape index (κ1) is 19.1. The van der Waals surface area contributed by atoms with E-state index in [0.29, 0.717) is 10.8 Å². The number of hydrogen-bond acceptors (Lipinski definition) is 3. The molecule has 5 rings (SSSR count). The second-order valence-corrected chi connectivity index (χ2v) is 9.10. The van der Waals surface area contributed by atoms with Crippen molar-refractivity contribution in [2.75, 3.05) is 0 Å². The third kappa shape index (κ3) is 3.45. The van der Waals surface area contributed by atoms with Crippen LogP contribution in [0.15, 0.2) is 55.1 Å². The Labute approximate surface area is 179 Å². The van der Waals surface area contributed by atoms with Crippen LogP contribution in [0.4, 0.5) is 0 Å². The Morgan fingerprint density at radius 1 is 1.13 bits per heavy atom. The number of carboxylic acids is 1. The van der Waals surface area contributed by atoms with Gasteiger partial charge in [-0.05, 0) is 36.0 Å². The topological polar surface area (TPSA) is 60.0 Å². The first-order valence-electron chi connectivity index (χ1n) is 10.6. The van der Waals surface area contributed by atoms with Gasteiger partial charge >= 0.3 is 5.97 Å². The molecule has 0 radical (unpaired) electrons. The molecule has 0 bridgehead atoms. The summed E-state index contributed by atoms with van der Waals surface area (Å²) >= 11 is 1.44. The first-order chi connectivity index (χ1) is 14.7. The van der Waals surface area contributed by atoms with Crippen molar-refractivity contribution in [3.63, 3.8) is 0 Å². The highest BCUT2D eigenvalue weighted by Gasteiger charge is 2.28. The van der Waals surface area contributed by atoms with E-state index in [4.69, 9.17) is 0 Å². The van der Waals surface area contributed by atoms with Crippen molar-refractivity contribution < 1.29 is 9.90 Å². The van der Waals surface area contributed by atoms with Crippen LogP contribution in [0.25, 0.3) is 21.5 Å². The van der Waals surface area contributed by atoms with Gasteiger partial charge in [0.05, 0.1) is 22.2 Å². The summed E-state index contributed by atoms with van der Waals surface area (Å²) in [6.45, 7) is 1.57. The number of aryl methyl sites for hydroxylation is 2. The van der Waals surface area contributed by atoms with Gasteiger partial charge in [-0.2, -0.15) is 0 Å². The zero-order valence-corrected chi connectivity index (χ0v) is 17.6. The molecule has 1 aliphatic rings. The third-order valence-corrected chi connectivity index (χ3v) is 7.33. The van der Waals surface area contributed by atoms with E-state index in [0.717, 1.165) is 23.3 Å². The molecule has 6 heteroatoms. The molecule has 5 nitrogen and oxygen atoms in total. The summed E-state index contributed by atoms with van der Waals surface area (Å²) in [4.78, 5) is 16.3. The minimum atomic E-state index is -0.840. The molecule has 0 spiro atoms. The fourth-order valence-corrected chi connectivity index (χ4v) is 5.92. The van der Waals surface area contributed by atoms with Crippen LogP contribution in [-0.2, 0) is 13.1 Å². The summed E-state index contributed by atoms with van der Waals surface area (Å²) in [6.07, 6.45) is 11.8. The van der Waals surface area contributed by atoms with Gasteiger partial charge in [-0.25, -0.2) is 9.78 Å². The monoisotopic (exact) mass is 419 g/mol. The van der Waals surface area contributed by atoms with Gasteiger partial charge < -0.3 is 14.2 Å². The normalized spacial score (nSPS) is 15.1. The minimum Gasteiger partial charge on any atom is -0.477 e. The molecule has 0 saturated heterocycles. The van der Waals surface area contributed by atoms with Gasteiger partial charge in [-0.1, -0.05) is 49.6 Å². The zero-order chi connectivity index (χ0) is 20.5. The second kappa shape index (κ2) is 8.11. The molecule has 1 saturated carbocycles. The number of rotatable bonds is 6. The van der Waals surface area contributed by atoms with Gasteiger partial charge in [0.1, 0.15) is 4.88 Å². The van der Waals surface area contributed by atoms with E-state index >= 15 is 0 Å². The summed E-state index contributed by atoms with van der Waals surface area (Å²) in [5, 5.41) is 9.65. The number of hydrogen-bond donors (Lipinski definition) is 1. The van der Waals surface area contributed by atoms with Crippen LogP contribution >= 0.6 is 11.3 Å². The van der Waals surface area contributed by atoms with Gasteiger partial charge in [0, 0.05) is 25.5 Å². The number of thiophene rings is 1. The number of imidazole rings is 1. The summed E-state index contributed by atoms with van der Waals surface area (Å²) in [5.74, 6) is -0.348. The lowest BCUT2D eigenvalue weighted by atomic mass is 9.83. The number of carbonyl (C=O) groups is 1. The zero-order valence-electron chi connectivity index (χ0n) is 16.8. The molecule has 0 unspecified atom stereocenters. The smallest absolute Gasteiger partial charge is 0.345 e. The molecule has 3 aromatic heterocycles. The molecule has 1 N–H and O–H groups in total. The maximum Gasteiger partial charge on any atom is 0.345 e. The van der Waals surface area contributed by atoms with Crippen molar-refractivity contribution in [1.29, 1.82) is 0 Å². The SMILES string of the molecule is O=C(O)c1cc2c(s1)c(C1CCCCC1)c(-c1ccccc1)n2CCn1ccnc1. The molecule has 3 heterocycles. The summed E-state index contributed by atoms with van der Waals surface area (Å²) < 4.78 is 5.58. The van der Waals surface area contributed by atoms with Crippen molar-refractivity contribution in [2.24, 2.45) is 0 Å². The largest absolute Gasteiger partial charge is 0.477 e. The first-order valence-corrected chi connectivity index (χ1v) is 11.4. The van der Waals surface area contributed by atoms with Crippen molar-refractivity contribution in [3.8, 4) is 11.3 Å². The summed E-state index contributed by atoms with van der Waals surface area (Å²) in [7, 11) is 0. The Bertz CT molecular complexity index is 1150. The molecule has 0 aliphatic heterocycles. The predicted molar refractivity (Wildman–Crippen MR) is 120 cm³/mol. The maximum atomic E-state index is 11.8. The summed E-state index contributed by atoms with van der Waals surface area (Å²) in [5.41, 5.74) is 4.89. The molecule has 1 aliphatic carbocycles. The van der Waals surface area contributed by atoms with E-state index in [-0.39, 0.29) is 0 Å². The lowest BCUT2D eigenvalue weighted by Gasteiger charge is -2.23. The maximum absolute atomic E-state index is 11.8. The van der Waals surface area contributed by atoms with Crippen LogP contribution in [0.5, 0.6) is 0 Å². The quantitative estimate of drug-likeness (QED) is 0.416. The van der Waals surface area contributed by atoms with E-state index in [2.05, 4.69) is 38.4 Å². The van der Waals surface area contributed by atoms with E-state index in [1.165, 1.54) is 60.3 Å². The van der Waals surface area contributed by atoms with E-state index in [1.54, 1.807) is 6.20 Å². The number of aromatic carboxylic acids is 1. The minimum absolute atomic E-state index is 0.424. The Morgan fingerprint density at radius 2 is 1.93 bits per heavy atom. The van der Waals surface area contributed by atoms with Crippen molar-refractivity contribution >= 4 is 27.5 Å². The van der Waals surface area contributed by atoms with Crippen molar-refractivity contribution in [3.05, 3.63) is 65.6 Å². The highest BCUT2D eigenvalue weighted by molar-refractivity contribution is 7.21. The molecular formula is C24H25N3O2S. The van der Waals surface area contributed by atoms with Crippen LogP contribution in [0.1, 0.15) is 53.3 Å². The highest BCUT2D eigenvalue weighted by atomic mass is 32.1. The fourth-order valence-electron chi connectivity index (χ4n) is 4.80. The van der Waals surface area contributed by atoms with Gasteiger partial charge in [0.25, 0.3) is 0 Å². The summed E-state index contributed by atoms with van der Waals surface area (Å²) in [6, 6.07) is 12.4. The van der Waals surface area contributed by atoms with E-state index in [9.17, 15) is 9.90 Å². The molecule has 1 fully saturated rings. The van der Waals surface area contributed by atoms with Gasteiger partial charge in [-0.3, -0.25) is 0 Å². The molecule has 4 aromatic rings. The Hall–Kier alpha value is -2.86. The number of fused-ring (bicyclic) bond motifs is 1. The molecule has 30 heavy (non-hydrogen) atoms. The average molecular weight is 420 g/mol. The van der Waals surface area contributed by atoms with Crippen molar-refractivity contribution in [2.45, 2.75) is 51.1 Å². The Morgan fingerprint density at radius 3 is 2.63 bits per heavy atom. The van der Waals surface area contributed by atoms with Crippen LogP contribution in [0.2, 0.25) is 0 Å². The van der Waals surface area contributed by atoms with Crippen molar-refractivity contribution in [1.82, 2.24) is 14.1 Å². The fraction of sp³-hybridized carbons (Fsp3) is 0.333. The van der Waals surface area contributed by atoms with E-state index < -0.39 is 5.97 Å². The van der Waals surface area contributed by atoms with Crippen LogP contribution < -0.4 is 0 Å². The highest BCUT2D eigenvalue weighted by Crippen LogP contribution is 2.46. The van der Waals surface area contributed by atoms with Crippen LogP contribution in [0.3, 0.4) is 0 Å². The number of nitrogens with zero attached hydrogens (tertiary/aromatic N) is 3. The molecule has 0 atom stereocenters. The molecule has 0 amide bonds. The number of aromatic nitrogens is 3. The Balaban J connectivity index is 1.71.